The first kappa shape index (κ1) is 24.8. The van der Waals surface area contributed by atoms with Gasteiger partial charge in [0.05, 0.1) is 17.7 Å². The predicted octanol–water partition coefficient (Wildman–Crippen LogP) is 6.61. The number of thiazole rings is 1. The molecule has 0 saturated heterocycles. The Bertz CT molecular complexity index is 1130. The summed E-state index contributed by atoms with van der Waals surface area (Å²) in [4.78, 5) is 42.4. The van der Waals surface area contributed by atoms with E-state index in [1.54, 1.807) is 9.95 Å². The highest BCUT2D eigenvalue weighted by atomic mass is 32.1. The average Bonchev–Trinajstić information content (AvgIpc) is 3.44. The van der Waals surface area contributed by atoms with Crippen LogP contribution in [-0.4, -0.2) is 34.3 Å². The van der Waals surface area contributed by atoms with E-state index >= 15 is 0 Å². The molecule has 6 nitrogen and oxygen atoms in total. The van der Waals surface area contributed by atoms with Crippen LogP contribution in [0.3, 0.4) is 0 Å². The minimum Gasteiger partial charge on any atom is -0.449 e. The number of unbranched alkanes of at least 4 members (excludes halogenated alkanes) is 3. The van der Waals surface area contributed by atoms with Gasteiger partial charge in [0.15, 0.2) is 11.3 Å². The quantitative estimate of drug-likeness (QED) is 0.170. The van der Waals surface area contributed by atoms with Crippen LogP contribution in [0.15, 0.2) is 23.6 Å². The van der Waals surface area contributed by atoms with Crippen LogP contribution >= 0.6 is 11.3 Å². The molecule has 1 aromatic carbocycles. The first-order valence-electron chi connectivity index (χ1n) is 11.8. The van der Waals surface area contributed by atoms with Gasteiger partial charge in [0, 0.05) is 16.5 Å². The zero-order chi connectivity index (χ0) is 23.8. The molecule has 2 heterocycles. The summed E-state index contributed by atoms with van der Waals surface area (Å²) in [5, 5.41) is 2.65. The van der Waals surface area contributed by atoms with Crippen LogP contribution in [0, 0.1) is 0 Å². The average molecular weight is 469 g/mol. The van der Waals surface area contributed by atoms with Crippen molar-refractivity contribution in [3.05, 3.63) is 51.1 Å². The molecular weight excluding hydrogens is 436 g/mol. The van der Waals surface area contributed by atoms with Crippen LogP contribution in [0.5, 0.6) is 0 Å². The van der Waals surface area contributed by atoms with Crippen molar-refractivity contribution < 1.29 is 19.1 Å². The molecule has 3 aromatic rings. The van der Waals surface area contributed by atoms with Crippen LogP contribution in [0.2, 0.25) is 0 Å². The van der Waals surface area contributed by atoms with Crippen LogP contribution in [-0.2, 0) is 17.6 Å². The standard InChI is InChI=1S/C26H32N2O4S/c1-4-7-11-18-12-10-14-20-22(18)23(24(30)25-27-19(16-29)17-33-25)21(13-8-5-2)28(20)26(31)32-15-9-6-3/h10,12,14,16-17H,4-9,11,13,15H2,1-3H3. The summed E-state index contributed by atoms with van der Waals surface area (Å²) < 4.78 is 7.19. The molecule has 0 aliphatic heterocycles. The summed E-state index contributed by atoms with van der Waals surface area (Å²) in [6.07, 6.45) is 7.07. The van der Waals surface area contributed by atoms with Gasteiger partial charge in [-0.15, -0.1) is 11.3 Å². The lowest BCUT2D eigenvalue weighted by Crippen LogP contribution is -2.18. The van der Waals surface area contributed by atoms with Gasteiger partial charge in [-0.1, -0.05) is 52.2 Å². The van der Waals surface area contributed by atoms with Gasteiger partial charge in [-0.25, -0.2) is 14.3 Å². The van der Waals surface area contributed by atoms with E-state index in [0.29, 0.717) is 36.1 Å². The van der Waals surface area contributed by atoms with Crippen molar-refractivity contribution in [2.24, 2.45) is 0 Å². The number of ketones is 1. The minimum atomic E-state index is -0.445. The van der Waals surface area contributed by atoms with Crippen molar-refractivity contribution in [3.8, 4) is 0 Å². The Hall–Kier alpha value is -2.80. The van der Waals surface area contributed by atoms with Crippen molar-refractivity contribution in [2.75, 3.05) is 6.61 Å². The summed E-state index contributed by atoms with van der Waals surface area (Å²) in [5.41, 5.74) is 3.18. The van der Waals surface area contributed by atoms with Gasteiger partial charge in [-0.3, -0.25) is 9.59 Å². The van der Waals surface area contributed by atoms with Crippen molar-refractivity contribution in [3.63, 3.8) is 0 Å². The third kappa shape index (κ3) is 5.41. The van der Waals surface area contributed by atoms with E-state index in [-0.39, 0.29) is 16.5 Å². The highest BCUT2D eigenvalue weighted by Crippen LogP contribution is 2.34. The molecule has 0 bridgehead atoms. The van der Waals surface area contributed by atoms with Crippen molar-refractivity contribution in [1.29, 1.82) is 0 Å². The molecule has 2 aromatic heterocycles. The smallest absolute Gasteiger partial charge is 0.418 e. The van der Waals surface area contributed by atoms with Crippen LogP contribution in [0.25, 0.3) is 10.9 Å². The van der Waals surface area contributed by atoms with E-state index in [9.17, 15) is 14.4 Å². The summed E-state index contributed by atoms with van der Waals surface area (Å²) in [7, 11) is 0. The third-order valence-corrected chi connectivity index (χ3v) is 6.57. The van der Waals surface area contributed by atoms with E-state index in [1.165, 1.54) is 0 Å². The molecule has 33 heavy (non-hydrogen) atoms. The minimum absolute atomic E-state index is 0.242. The normalized spacial score (nSPS) is 11.1. The number of hydrogen-bond acceptors (Lipinski definition) is 6. The number of carbonyl (C=O) groups is 3. The SMILES string of the molecule is CCCCOC(=O)n1c(CCCC)c(C(=O)c2nc(C=O)cs2)c2c(CCCC)cccc21. The molecule has 0 fully saturated rings. The van der Waals surface area contributed by atoms with E-state index in [2.05, 4.69) is 18.8 Å². The summed E-state index contributed by atoms with van der Waals surface area (Å²) >= 11 is 1.16. The number of carbonyl (C=O) groups excluding carboxylic acids is 3. The van der Waals surface area contributed by atoms with Gasteiger partial charge in [-0.05, 0) is 43.7 Å². The second kappa shape index (κ2) is 11.9. The largest absolute Gasteiger partial charge is 0.449 e. The molecule has 176 valence electrons. The van der Waals surface area contributed by atoms with Crippen LogP contribution in [0.4, 0.5) is 4.79 Å². The number of fused-ring (bicyclic) bond motifs is 1. The third-order valence-electron chi connectivity index (χ3n) is 5.71. The first-order valence-corrected chi connectivity index (χ1v) is 12.7. The fourth-order valence-corrected chi connectivity index (χ4v) is 4.70. The number of rotatable bonds is 12. The lowest BCUT2D eigenvalue weighted by Gasteiger charge is -2.11. The molecule has 0 unspecified atom stereocenters. The van der Waals surface area contributed by atoms with Crippen LogP contribution in [0.1, 0.15) is 96.4 Å². The fraction of sp³-hybridized carbons (Fsp3) is 0.462. The number of aryl methyl sites for hydroxylation is 1. The maximum Gasteiger partial charge on any atom is 0.418 e. The van der Waals surface area contributed by atoms with Gasteiger partial charge in [0.1, 0.15) is 5.69 Å². The van der Waals surface area contributed by atoms with Crippen molar-refractivity contribution >= 4 is 40.4 Å². The molecule has 0 aliphatic carbocycles. The van der Waals surface area contributed by atoms with Gasteiger partial charge in [0.2, 0.25) is 5.78 Å². The topological polar surface area (TPSA) is 78.3 Å². The van der Waals surface area contributed by atoms with Crippen LogP contribution < -0.4 is 0 Å². The van der Waals surface area contributed by atoms with Crippen molar-refractivity contribution in [1.82, 2.24) is 9.55 Å². The Kier molecular flexibility index (Phi) is 8.95. The molecule has 0 amide bonds. The predicted molar refractivity (Wildman–Crippen MR) is 132 cm³/mol. The number of nitrogens with zero attached hydrogens (tertiary/aromatic N) is 2. The highest BCUT2D eigenvalue weighted by Gasteiger charge is 2.29. The molecule has 0 spiro atoms. The zero-order valence-electron chi connectivity index (χ0n) is 19.7. The van der Waals surface area contributed by atoms with Crippen molar-refractivity contribution in [2.45, 2.75) is 72.1 Å². The van der Waals surface area contributed by atoms with Gasteiger partial charge >= 0.3 is 6.09 Å². The Balaban J connectivity index is 2.26. The van der Waals surface area contributed by atoms with E-state index in [0.717, 1.165) is 67.2 Å². The molecule has 0 aliphatic rings. The maximum absolute atomic E-state index is 13.8. The first-order chi connectivity index (χ1) is 16.1. The monoisotopic (exact) mass is 468 g/mol. The molecule has 0 radical (unpaired) electrons. The Morgan fingerprint density at radius 3 is 2.45 bits per heavy atom. The second-order valence-corrected chi connectivity index (χ2v) is 9.03. The summed E-state index contributed by atoms with van der Waals surface area (Å²) in [5.74, 6) is -0.242. The fourth-order valence-electron chi connectivity index (χ4n) is 3.99. The Labute approximate surface area is 199 Å². The Morgan fingerprint density at radius 2 is 1.79 bits per heavy atom. The van der Waals surface area contributed by atoms with E-state index in [1.807, 2.05) is 25.1 Å². The molecule has 0 N–H and O–H groups in total. The van der Waals surface area contributed by atoms with Gasteiger partial charge in [-0.2, -0.15) is 0 Å². The lowest BCUT2D eigenvalue weighted by molar-refractivity contribution is 0.103. The summed E-state index contributed by atoms with van der Waals surface area (Å²) in [6, 6.07) is 5.86. The highest BCUT2D eigenvalue weighted by molar-refractivity contribution is 7.12. The molecule has 3 rings (SSSR count). The number of aromatic nitrogens is 2. The van der Waals surface area contributed by atoms with E-state index in [4.69, 9.17) is 4.74 Å². The second-order valence-electron chi connectivity index (χ2n) is 8.17. The van der Waals surface area contributed by atoms with Gasteiger partial charge < -0.3 is 4.74 Å². The molecule has 0 saturated carbocycles. The zero-order valence-corrected chi connectivity index (χ0v) is 20.5. The number of hydrogen-bond donors (Lipinski definition) is 0. The maximum atomic E-state index is 13.8. The molecule has 7 heteroatoms. The number of benzene rings is 1. The number of aldehydes is 1. The van der Waals surface area contributed by atoms with Gasteiger partial charge in [0.25, 0.3) is 0 Å². The Morgan fingerprint density at radius 1 is 1.06 bits per heavy atom. The molecular formula is C26H32N2O4S. The summed E-state index contributed by atoms with van der Waals surface area (Å²) in [6.45, 7) is 6.60. The number of ether oxygens (including phenoxy) is 1. The van der Waals surface area contributed by atoms with E-state index < -0.39 is 6.09 Å². The molecule has 0 atom stereocenters. The lowest BCUT2D eigenvalue weighted by atomic mass is 9.97.